The van der Waals surface area contributed by atoms with Crippen LogP contribution in [0.25, 0.3) is 183 Å². The summed E-state index contributed by atoms with van der Waals surface area (Å²) in [6.45, 7) is 0. The Hall–Kier alpha value is -10.2. The van der Waals surface area contributed by atoms with E-state index in [0.29, 0.717) is 0 Å². The van der Waals surface area contributed by atoms with Crippen molar-refractivity contribution >= 4 is 183 Å². The monoisotopic (exact) mass is 1070 g/mol. The van der Waals surface area contributed by atoms with Crippen molar-refractivity contribution in [2.75, 3.05) is 0 Å². The van der Waals surface area contributed by atoms with Gasteiger partial charge in [-0.05, 0) is 71.4 Å². The number of thiophene rings is 2. The number of hydrogen-bond acceptors (Lipinski definition) is 2. The third kappa shape index (κ3) is 5.42. The number of nitrogens with zero attached hydrogens (tertiary/aromatic N) is 4. The summed E-state index contributed by atoms with van der Waals surface area (Å²) in [5.74, 6) is 0. The molecule has 12 aromatic carbocycles. The zero-order valence-electron chi connectivity index (χ0n) is 43.9. The molecule has 0 spiro atoms. The van der Waals surface area contributed by atoms with Gasteiger partial charge in [-0.1, -0.05) is 188 Å². The second-order valence-electron chi connectivity index (χ2n) is 22.2. The second kappa shape index (κ2) is 15.8. The predicted octanol–water partition coefficient (Wildman–Crippen LogP) is 21.7. The number of benzene rings is 12. The van der Waals surface area contributed by atoms with Crippen LogP contribution in [0.5, 0.6) is 0 Å². The molecule has 0 fully saturated rings. The Bertz CT molecular complexity index is 6240. The van der Waals surface area contributed by atoms with Gasteiger partial charge in [-0.2, -0.15) is 0 Å². The minimum Gasteiger partial charge on any atom is -0.315 e. The van der Waals surface area contributed by atoms with E-state index in [9.17, 15) is 0 Å². The van der Waals surface area contributed by atoms with E-state index in [4.69, 9.17) is 0 Å². The molecular weight excluding hydrogens is 1030 g/mol. The summed E-state index contributed by atoms with van der Waals surface area (Å²) in [4.78, 5) is 0. The quantitative estimate of drug-likeness (QED) is 0.157. The van der Waals surface area contributed by atoms with E-state index in [1.807, 2.05) is 22.7 Å². The molecule has 6 heteroatoms. The molecule has 20 aromatic rings. The Morgan fingerprint density at radius 2 is 0.780 bits per heavy atom. The fraction of sp³-hybridized carbons (Fsp3) is 0. The summed E-state index contributed by atoms with van der Waals surface area (Å²) in [6, 6.07) is 93.4. The molecule has 8 aromatic heterocycles. The van der Waals surface area contributed by atoms with Gasteiger partial charge in [-0.25, -0.2) is 0 Å². The van der Waals surface area contributed by atoms with Crippen LogP contribution in [0.1, 0.15) is 0 Å². The third-order valence-electron chi connectivity index (χ3n) is 18.2. The average molecular weight is 1080 g/mol. The fourth-order valence-electron chi connectivity index (χ4n) is 15.1. The first kappa shape index (κ1) is 43.6. The summed E-state index contributed by atoms with van der Waals surface area (Å²) in [5.41, 5.74) is 14.5. The van der Waals surface area contributed by atoms with Gasteiger partial charge < -0.3 is 17.9 Å². The number of para-hydroxylation sites is 4. The molecule has 82 heavy (non-hydrogen) atoms. The lowest BCUT2D eigenvalue weighted by molar-refractivity contribution is 1.18. The maximum Gasteiger partial charge on any atom is 0.0640 e. The zero-order chi connectivity index (χ0) is 53.1. The van der Waals surface area contributed by atoms with Crippen LogP contribution in [0.3, 0.4) is 0 Å². The highest BCUT2D eigenvalue weighted by Gasteiger charge is 2.28. The van der Waals surface area contributed by atoms with Crippen LogP contribution in [0.15, 0.2) is 255 Å². The van der Waals surface area contributed by atoms with Gasteiger partial charge in [0, 0.05) is 128 Å². The van der Waals surface area contributed by atoms with Crippen LogP contribution in [0, 0.1) is 0 Å². The first-order chi connectivity index (χ1) is 40.7. The highest BCUT2D eigenvalue weighted by Crippen LogP contribution is 2.53. The maximum atomic E-state index is 2.68. The Morgan fingerprint density at radius 3 is 1.51 bits per heavy atom. The van der Waals surface area contributed by atoms with Crippen molar-refractivity contribution in [1.82, 2.24) is 17.9 Å². The van der Waals surface area contributed by atoms with Gasteiger partial charge in [0.1, 0.15) is 0 Å². The van der Waals surface area contributed by atoms with Crippen molar-refractivity contribution in [3.05, 3.63) is 255 Å². The molecule has 0 bridgehead atoms. The van der Waals surface area contributed by atoms with Crippen molar-refractivity contribution in [2.45, 2.75) is 0 Å². The van der Waals surface area contributed by atoms with E-state index in [1.165, 1.54) is 171 Å². The van der Waals surface area contributed by atoms with Crippen molar-refractivity contribution in [1.29, 1.82) is 0 Å². The highest BCUT2D eigenvalue weighted by molar-refractivity contribution is 7.27. The summed E-state index contributed by atoms with van der Waals surface area (Å²) in [5, 5.41) is 22.8. The minimum atomic E-state index is 1.15. The lowest BCUT2D eigenvalue weighted by atomic mass is 9.96. The van der Waals surface area contributed by atoms with Crippen molar-refractivity contribution < 1.29 is 0 Å². The molecule has 0 saturated heterocycles. The van der Waals surface area contributed by atoms with E-state index in [2.05, 4.69) is 273 Å². The molecule has 20 rings (SSSR count). The number of rotatable bonds is 3. The largest absolute Gasteiger partial charge is 0.315 e. The van der Waals surface area contributed by atoms with Gasteiger partial charge in [0.25, 0.3) is 0 Å². The zero-order valence-corrected chi connectivity index (χ0v) is 45.5. The standard InChI is InChI=1S/C76H42N4S2/c1-3-19-44(20-4-1)78-59-31-14-11-24-47(59)52-36-39-61-65(72(52)78)55-38-41-64-67(68(55)71-46-23-8-7-18-43(46)42-77(61)71)57-29-17-30-58(75(57)82-64)70-50-27-9-10-28-51(50)74-69-56(35-34-54-49-26-13-16-33-63(49)81-76(54)69)66-62(80(70)74)40-37-53-48-25-12-15-32-60(48)79(73(53)66)45-21-5-2-6-22-45/h1-42H. The maximum absolute atomic E-state index is 2.68. The van der Waals surface area contributed by atoms with Gasteiger partial charge in [0.2, 0.25) is 0 Å². The topological polar surface area (TPSA) is 18.7 Å². The van der Waals surface area contributed by atoms with Crippen LogP contribution >= 0.6 is 22.7 Å². The van der Waals surface area contributed by atoms with Crippen molar-refractivity contribution in [3.8, 4) is 22.6 Å². The molecule has 0 unspecified atom stereocenters. The van der Waals surface area contributed by atoms with Crippen molar-refractivity contribution in [3.63, 3.8) is 0 Å². The number of fused-ring (bicyclic) bond motifs is 32. The number of hydrogen-bond donors (Lipinski definition) is 0. The first-order valence-electron chi connectivity index (χ1n) is 28.2. The highest BCUT2D eigenvalue weighted by atomic mass is 32.1. The second-order valence-corrected chi connectivity index (χ2v) is 24.3. The minimum absolute atomic E-state index is 1.15. The number of aromatic nitrogens is 4. The van der Waals surface area contributed by atoms with Gasteiger partial charge >= 0.3 is 0 Å². The molecular formula is C76H42N4S2. The third-order valence-corrected chi connectivity index (χ3v) is 20.7. The van der Waals surface area contributed by atoms with E-state index in [1.54, 1.807) is 0 Å². The van der Waals surface area contributed by atoms with Crippen LogP contribution in [0.4, 0.5) is 0 Å². The Kier molecular flexibility index (Phi) is 8.39. The molecule has 4 nitrogen and oxygen atoms in total. The van der Waals surface area contributed by atoms with Gasteiger partial charge in [-0.15, -0.1) is 22.7 Å². The summed E-state index contributed by atoms with van der Waals surface area (Å²) in [6.07, 6.45) is 2.38. The smallest absolute Gasteiger partial charge is 0.0640 e. The molecule has 0 aliphatic carbocycles. The Balaban J connectivity index is 0.989. The van der Waals surface area contributed by atoms with E-state index in [0.717, 1.165) is 11.4 Å². The lowest BCUT2D eigenvalue weighted by Gasteiger charge is -2.16. The first-order valence-corrected chi connectivity index (χ1v) is 29.8. The van der Waals surface area contributed by atoms with Crippen LogP contribution in [-0.4, -0.2) is 17.9 Å². The molecule has 0 saturated carbocycles. The van der Waals surface area contributed by atoms with E-state index < -0.39 is 0 Å². The molecule has 0 aliphatic heterocycles. The van der Waals surface area contributed by atoms with Crippen LogP contribution in [0.2, 0.25) is 0 Å². The SMILES string of the molecule is c1ccc(-n2c3ccccc3c3ccc4c(c5ccc6sc7c(-c8c9ccccc9c9c%10c(ccc%11c%12ccccc%12sc%11%10)c%10c%11c(ccc%10n89)c8ccccc8n%11-c8ccccc8)cccc7c6c5c5c6ccccc6cn45)c32)cc1. The predicted molar refractivity (Wildman–Crippen MR) is 353 cm³/mol. The van der Waals surface area contributed by atoms with Gasteiger partial charge in [0.05, 0.1) is 49.8 Å². The van der Waals surface area contributed by atoms with Crippen LogP contribution < -0.4 is 0 Å². The number of pyridine rings is 2. The summed E-state index contributed by atoms with van der Waals surface area (Å²) in [7, 11) is 0. The summed E-state index contributed by atoms with van der Waals surface area (Å²) >= 11 is 3.87. The lowest BCUT2D eigenvalue weighted by Crippen LogP contribution is -1.98. The molecule has 0 amide bonds. The van der Waals surface area contributed by atoms with E-state index >= 15 is 0 Å². The van der Waals surface area contributed by atoms with Crippen LogP contribution in [-0.2, 0) is 0 Å². The average Bonchev–Trinajstić information content (AvgIpc) is 2.09. The Labute approximate surface area is 475 Å². The van der Waals surface area contributed by atoms with E-state index in [-0.39, 0.29) is 0 Å². The fourth-order valence-corrected chi connectivity index (χ4v) is 17.5. The molecule has 8 heterocycles. The molecule has 0 atom stereocenters. The normalized spacial score (nSPS) is 12.6. The van der Waals surface area contributed by atoms with Gasteiger partial charge in [0.15, 0.2) is 0 Å². The van der Waals surface area contributed by atoms with Gasteiger partial charge in [-0.3, -0.25) is 0 Å². The molecule has 378 valence electrons. The summed E-state index contributed by atoms with van der Waals surface area (Å²) < 4.78 is 15.4. The van der Waals surface area contributed by atoms with Crippen molar-refractivity contribution in [2.24, 2.45) is 0 Å². The Morgan fingerprint density at radius 1 is 0.256 bits per heavy atom. The molecule has 0 N–H and O–H groups in total. The molecule has 0 radical (unpaired) electrons. The molecule has 0 aliphatic rings.